The van der Waals surface area contributed by atoms with E-state index in [0.29, 0.717) is 22.4 Å². The molecule has 1 N–H and O–H groups in total. The highest BCUT2D eigenvalue weighted by molar-refractivity contribution is 7.21. The Morgan fingerprint density at radius 1 is 1.16 bits per heavy atom. The van der Waals surface area contributed by atoms with E-state index in [1.165, 1.54) is 23.0 Å². The summed E-state index contributed by atoms with van der Waals surface area (Å²) in [5.41, 5.74) is 1.96. The molecule has 0 bridgehead atoms. The van der Waals surface area contributed by atoms with E-state index in [9.17, 15) is 9.18 Å². The van der Waals surface area contributed by atoms with Crippen LogP contribution in [-0.2, 0) is 6.54 Å². The van der Waals surface area contributed by atoms with Gasteiger partial charge in [-0.3, -0.25) is 4.79 Å². The number of thiophene rings is 1. The number of rotatable bonds is 6. The topological polar surface area (TPSA) is 32.3 Å². The van der Waals surface area contributed by atoms with Crippen LogP contribution in [0.3, 0.4) is 0 Å². The van der Waals surface area contributed by atoms with Crippen molar-refractivity contribution in [1.29, 1.82) is 0 Å². The van der Waals surface area contributed by atoms with Gasteiger partial charge in [-0.1, -0.05) is 36.4 Å². The van der Waals surface area contributed by atoms with Gasteiger partial charge in [0.05, 0.1) is 4.88 Å². The maximum Gasteiger partial charge on any atom is 0.261 e. The van der Waals surface area contributed by atoms with Gasteiger partial charge in [0, 0.05) is 29.7 Å². The zero-order valence-corrected chi connectivity index (χ0v) is 15.2. The van der Waals surface area contributed by atoms with Gasteiger partial charge in [-0.25, -0.2) is 4.39 Å². The summed E-state index contributed by atoms with van der Waals surface area (Å²) in [6.07, 6.45) is 0. The second-order valence-electron chi connectivity index (χ2n) is 6.15. The van der Waals surface area contributed by atoms with Crippen molar-refractivity contribution in [1.82, 2.24) is 10.2 Å². The minimum absolute atomic E-state index is 0.133. The summed E-state index contributed by atoms with van der Waals surface area (Å²) >= 11 is 1.34. The van der Waals surface area contributed by atoms with Gasteiger partial charge in [-0.2, -0.15) is 0 Å². The number of benzene rings is 2. The summed E-state index contributed by atoms with van der Waals surface area (Å²) < 4.78 is 14.8. The quantitative estimate of drug-likeness (QED) is 0.717. The molecule has 0 spiro atoms. The van der Waals surface area contributed by atoms with Crippen molar-refractivity contribution >= 4 is 27.3 Å². The number of carbonyl (C=O) groups is 1. The largest absolute Gasteiger partial charge is 0.350 e. The predicted molar refractivity (Wildman–Crippen MR) is 102 cm³/mol. The van der Waals surface area contributed by atoms with Crippen molar-refractivity contribution < 1.29 is 9.18 Å². The molecule has 1 aromatic heterocycles. The van der Waals surface area contributed by atoms with Gasteiger partial charge in [0.1, 0.15) is 5.82 Å². The summed E-state index contributed by atoms with van der Waals surface area (Å²) in [4.78, 5) is 15.2. The van der Waals surface area contributed by atoms with Crippen molar-refractivity contribution in [3.05, 3.63) is 70.4 Å². The average Bonchev–Trinajstić information content (AvgIpc) is 2.94. The van der Waals surface area contributed by atoms with Gasteiger partial charge in [0.25, 0.3) is 5.91 Å². The van der Waals surface area contributed by atoms with Crippen molar-refractivity contribution in [3.8, 4) is 0 Å². The van der Waals surface area contributed by atoms with Gasteiger partial charge < -0.3 is 10.2 Å². The molecule has 0 saturated carbocycles. The van der Waals surface area contributed by atoms with Gasteiger partial charge in [-0.05, 0) is 37.2 Å². The van der Waals surface area contributed by atoms with E-state index in [2.05, 4.69) is 22.3 Å². The standard InChI is InChI=1S/C20H21FN2OS/c1-14-18-16(21)9-6-10-17(18)25-19(14)20(24)22-11-12-23(2)13-15-7-4-3-5-8-15/h3-10H,11-13H2,1-2H3,(H,22,24). The van der Waals surface area contributed by atoms with Gasteiger partial charge in [-0.15, -0.1) is 11.3 Å². The Labute approximate surface area is 151 Å². The Kier molecular flexibility index (Phi) is 5.46. The Hall–Kier alpha value is -2.24. The minimum Gasteiger partial charge on any atom is -0.350 e. The number of fused-ring (bicyclic) bond motifs is 1. The third-order valence-corrected chi connectivity index (χ3v) is 5.44. The summed E-state index contributed by atoms with van der Waals surface area (Å²) in [5.74, 6) is -0.404. The first kappa shape index (κ1) is 17.6. The van der Waals surface area contributed by atoms with E-state index in [1.54, 1.807) is 13.0 Å². The van der Waals surface area contributed by atoms with Gasteiger partial charge >= 0.3 is 0 Å². The zero-order valence-electron chi connectivity index (χ0n) is 14.4. The maximum atomic E-state index is 14.0. The average molecular weight is 356 g/mol. The lowest BCUT2D eigenvalue weighted by molar-refractivity contribution is 0.0953. The van der Waals surface area contributed by atoms with Crippen molar-refractivity contribution in [2.45, 2.75) is 13.5 Å². The zero-order chi connectivity index (χ0) is 17.8. The number of hydrogen-bond donors (Lipinski definition) is 1. The summed E-state index contributed by atoms with van der Waals surface area (Å²) in [5, 5.41) is 3.50. The van der Waals surface area contributed by atoms with Crippen LogP contribution >= 0.6 is 11.3 Å². The second-order valence-corrected chi connectivity index (χ2v) is 7.20. The number of nitrogens with zero attached hydrogens (tertiary/aromatic N) is 1. The molecule has 0 atom stereocenters. The number of carbonyl (C=O) groups excluding carboxylic acids is 1. The Morgan fingerprint density at radius 3 is 2.64 bits per heavy atom. The normalized spacial score (nSPS) is 11.2. The molecule has 130 valence electrons. The van der Waals surface area contributed by atoms with E-state index in [-0.39, 0.29) is 11.7 Å². The maximum absolute atomic E-state index is 14.0. The van der Waals surface area contributed by atoms with Gasteiger partial charge in [0.15, 0.2) is 0 Å². The van der Waals surface area contributed by atoms with E-state index in [4.69, 9.17) is 0 Å². The number of hydrogen-bond acceptors (Lipinski definition) is 3. The van der Waals surface area contributed by atoms with Crippen LogP contribution in [0.1, 0.15) is 20.8 Å². The first-order valence-electron chi connectivity index (χ1n) is 8.24. The molecule has 0 radical (unpaired) electrons. The molecule has 0 aliphatic carbocycles. The van der Waals surface area contributed by atoms with Gasteiger partial charge in [0.2, 0.25) is 0 Å². The summed E-state index contributed by atoms with van der Waals surface area (Å²) in [7, 11) is 2.03. The van der Waals surface area contributed by atoms with E-state index in [1.807, 2.05) is 31.3 Å². The van der Waals surface area contributed by atoms with Crippen LogP contribution in [0.25, 0.3) is 10.1 Å². The summed E-state index contributed by atoms with van der Waals surface area (Å²) in [6.45, 7) is 3.94. The Balaban J connectivity index is 1.58. The highest BCUT2D eigenvalue weighted by atomic mass is 32.1. The highest BCUT2D eigenvalue weighted by Gasteiger charge is 2.17. The molecule has 3 aromatic rings. The molecule has 0 aliphatic heterocycles. The number of halogens is 1. The molecule has 0 fully saturated rings. The molecule has 3 rings (SSSR count). The monoisotopic (exact) mass is 356 g/mol. The molecule has 0 aliphatic rings. The highest BCUT2D eigenvalue weighted by Crippen LogP contribution is 2.32. The molecule has 3 nitrogen and oxygen atoms in total. The lowest BCUT2D eigenvalue weighted by Crippen LogP contribution is -2.32. The molecule has 25 heavy (non-hydrogen) atoms. The molecule has 1 amide bonds. The number of aryl methyl sites for hydroxylation is 1. The molecular weight excluding hydrogens is 335 g/mol. The van der Waals surface area contributed by atoms with E-state index in [0.717, 1.165) is 17.8 Å². The van der Waals surface area contributed by atoms with Crippen molar-refractivity contribution in [2.75, 3.05) is 20.1 Å². The molecule has 0 saturated heterocycles. The van der Waals surface area contributed by atoms with E-state index >= 15 is 0 Å². The smallest absolute Gasteiger partial charge is 0.261 e. The van der Waals surface area contributed by atoms with Crippen LogP contribution in [0.15, 0.2) is 48.5 Å². The first-order chi connectivity index (χ1) is 12.1. The molecular formula is C20H21FN2OS. The van der Waals surface area contributed by atoms with Crippen molar-refractivity contribution in [2.24, 2.45) is 0 Å². The van der Waals surface area contributed by atoms with Crippen LogP contribution in [0.2, 0.25) is 0 Å². The van der Waals surface area contributed by atoms with Crippen LogP contribution in [0, 0.1) is 12.7 Å². The van der Waals surface area contributed by atoms with Crippen LogP contribution in [-0.4, -0.2) is 30.9 Å². The van der Waals surface area contributed by atoms with E-state index < -0.39 is 0 Å². The molecule has 0 unspecified atom stereocenters. The summed E-state index contributed by atoms with van der Waals surface area (Å²) in [6, 6.07) is 15.2. The Morgan fingerprint density at radius 2 is 1.92 bits per heavy atom. The number of likely N-dealkylation sites (N-methyl/N-ethyl adjacent to an activating group) is 1. The number of amides is 1. The first-order valence-corrected chi connectivity index (χ1v) is 9.06. The molecule has 1 heterocycles. The van der Waals surface area contributed by atoms with Crippen LogP contribution < -0.4 is 5.32 Å². The lowest BCUT2D eigenvalue weighted by atomic mass is 10.1. The molecule has 2 aromatic carbocycles. The number of nitrogens with one attached hydrogen (secondary N) is 1. The lowest BCUT2D eigenvalue weighted by Gasteiger charge is -2.16. The van der Waals surface area contributed by atoms with Crippen LogP contribution in [0.5, 0.6) is 0 Å². The second kappa shape index (κ2) is 7.76. The fourth-order valence-electron chi connectivity index (χ4n) is 2.88. The molecule has 5 heteroatoms. The Bertz CT molecular complexity index is 876. The van der Waals surface area contributed by atoms with Crippen molar-refractivity contribution in [3.63, 3.8) is 0 Å². The fourth-order valence-corrected chi connectivity index (χ4v) is 4.02. The minimum atomic E-state index is -0.270. The third kappa shape index (κ3) is 4.06. The third-order valence-electron chi connectivity index (χ3n) is 4.18. The fraction of sp³-hybridized carbons (Fsp3) is 0.250. The predicted octanol–water partition coefficient (Wildman–Crippen LogP) is 4.21. The SMILES string of the molecule is Cc1c(C(=O)NCCN(C)Cc2ccccc2)sc2cccc(F)c12. The van der Waals surface area contributed by atoms with Crippen LogP contribution in [0.4, 0.5) is 4.39 Å².